The zero-order chi connectivity index (χ0) is 16.7. The molecule has 2 rings (SSSR count). The average molecular weight is 315 g/mol. The molecule has 0 bridgehead atoms. The minimum Gasteiger partial charge on any atom is -0.497 e. The number of benzene rings is 1. The average Bonchev–Trinajstić information content (AvgIpc) is 2.74. The standard InChI is InChI=1S/C15H16F3NO3/c1-14(2,3)22-13(20)19-8-11(15(16,17)18)10-6-5-9(21-4)7-12(10)19/h5-8H,1-4H3. The molecule has 7 heteroatoms. The van der Waals surface area contributed by atoms with Gasteiger partial charge in [0.15, 0.2) is 0 Å². The molecule has 4 nitrogen and oxygen atoms in total. The molecule has 120 valence electrons. The lowest BCUT2D eigenvalue weighted by Crippen LogP contribution is -2.26. The Bertz CT molecular complexity index is 711. The summed E-state index contributed by atoms with van der Waals surface area (Å²) in [6.45, 7) is 4.92. The second kappa shape index (κ2) is 5.23. The van der Waals surface area contributed by atoms with Gasteiger partial charge in [-0.3, -0.25) is 4.57 Å². The molecule has 0 saturated heterocycles. The van der Waals surface area contributed by atoms with Gasteiger partial charge in [0.2, 0.25) is 0 Å². The lowest BCUT2D eigenvalue weighted by molar-refractivity contribution is -0.136. The number of nitrogens with zero attached hydrogens (tertiary/aromatic N) is 1. The molecule has 0 fully saturated rings. The van der Waals surface area contributed by atoms with E-state index in [9.17, 15) is 18.0 Å². The predicted octanol–water partition coefficient (Wildman–Crippen LogP) is 4.45. The molecule has 0 unspecified atom stereocenters. The number of methoxy groups -OCH3 is 1. The zero-order valence-electron chi connectivity index (χ0n) is 12.6. The van der Waals surface area contributed by atoms with Gasteiger partial charge >= 0.3 is 12.3 Å². The maximum absolute atomic E-state index is 13.1. The molecule has 0 amide bonds. The number of hydrogen-bond donors (Lipinski definition) is 0. The predicted molar refractivity (Wildman–Crippen MR) is 75.1 cm³/mol. The van der Waals surface area contributed by atoms with Gasteiger partial charge in [-0.2, -0.15) is 13.2 Å². The summed E-state index contributed by atoms with van der Waals surface area (Å²) in [5.74, 6) is 0.351. The Morgan fingerprint density at radius 3 is 2.32 bits per heavy atom. The monoisotopic (exact) mass is 315 g/mol. The van der Waals surface area contributed by atoms with Crippen molar-refractivity contribution in [3.63, 3.8) is 0 Å². The Hall–Kier alpha value is -2.18. The summed E-state index contributed by atoms with van der Waals surface area (Å²) in [5, 5.41) is -0.0841. The van der Waals surface area contributed by atoms with E-state index in [1.165, 1.54) is 25.3 Å². The van der Waals surface area contributed by atoms with Crippen molar-refractivity contribution in [2.45, 2.75) is 32.5 Å². The first-order chi connectivity index (χ1) is 10.0. The Labute approximate surface area is 125 Å². The molecule has 1 aromatic carbocycles. The Morgan fingerprint density at radius 2 is 1.82 bits per heavy atom. The SMILES string of the molecule is COc1ccc2c(C(F)(F)F)cn(C(=O)OC(C)(C)C)c2c1. The first-order valence-corrected chi connectivity index (χ1v) is 6.52. The lowest BCUT2D eigenvalue weighted by atomic mass is 10.1. The van der Waals surface area contributed by atoms with E-state index >= 15 is 0 Å². The van der Waals surface area contributed by atoms with Gasteiger partial charge in [-0.1, -0.05) is 0 Å². The van der Waals surface area contributed by atoms with Gasteiger partial charge in [-0.25, -0.2) is 4.79 Å². The van der Waals surface area contributed by atoms with Crippen molar-refractivity contribution in [1.29, 1.82) is 0 Å². The first kappa shape index (κ1) is 16.2. The van der Waals surface area contributed by atoms with Crippen molar-refractivity contribution in [2.24, 2.45) is 0 Å². The van der Waals surface area contributed by atoms with Crippen LogP contribution in [-0.2, 0) is 10.9 Å². The molecule has 1 aromatic heterocycles. The van der Waals surface area contributed by atoms with E-state index < -0.39 is 23.4 Å². The van der Waals surface area contributed by atoms with Crippen LogP contribution in [0.15, 0.2) is 24.4 Å². The minimum absolute atomic E-state index is 0.0841. The molecule has 0 N–H and O–H groups in total. The highest BCUT2D eigenvalue weighted by Gasteiger charge is 2.36. The third kappa shape index (κ3) is 3.18. The minimum atomic E-state index is -4.57. The van der Waals surface area contributed by atoms with Gasteiger partial charge in [0, 0.05) is 17.6 Å². The van der Waals surface area contributed by atoms with Crippen LogP contribution >= 0.6 is 0 Å². The van der Waals surface area contributed by atoms with Gasteiger partial charge in [0.25, 0.3) is 0 Å². The highest BCUT2D eigenvalue weighted by molar-refractivity contribution is 5.93. The molecule has 0 spiro atoms. The quantitative estimate of drug-likeness (QED) is 0.780. The van der Waals surface area contributed by atoms with Crippen LogP contribution in [0.5, 0.6) is 5.75 Å². The molecule has 1 heterocycles. The van der Waals surface area contributed by atoms with Crippen LogP contribution in [0.4, 0.5) is 18.0 Å². The second-order valence-electron chi connectivity index (χ2n) is 5.77. The van der Waals surface area contributed by atoms with E-state index in [1.54, 1.807) is 20.8 Å². The Kier molecular flexibility index (Phi) is 3.85. The maximum Gasteiger partial charge on any atom is 0.419 e. The smallest absolute Gasteiger partial charge is 0.419 e. The summed E-state index contributed by atoms with van der Waals surface area (Å²) in [6, 6.07) is 4.06. The molecule has 0 atom stereocenters. The Morgan fingerprint density at radius 1 is 1.18 bits per heavy atom. The van der Waals surface area contributed by atoms with E-state index in [4.69, 9.17) is 9.47 Å². The molecule has 0 aliphatic heterocycles. The molecule has 0 radical (unpaired) electrons. The number of ether oxygens (including phenoxy) is 2. The summed E-state index contributed by atoms with van der Waals surface area (Å²) in [5.41, 5.74) is -1.62. The number of alkyl halides is 3. The van der Waals surface area contributed by atoms with Gasteiger partial charge in [0.1, 0.15) is 11.4 Å². The van der Waals surface area contributed by atoms with Gasteiger partial charge in [-0.15, -0.1) is 0 Å². The summed E-state index contributed by atoms with van der Waals surface area (Å²) < 4.78 is 50.4. The van der Waals surface area contributed by atoms with Crippen molar-refractivity contribution < 1.29 is 27.4 Å². The number of aromatic nitrogens is 1. The topological polar surface area (TPSA) is 40.5 Å². The summed E-state index contributed by atoms with van der Waals surface area (Å²) in [7, 11) is 1.40. The molecule has 0 aliphatic rings. The largest absolute Gasteiger partial charge is 0.497 e. The second-order valence-corrected chi connectivity index (χ2v) is 5.77. The number of halogens is 3. The van der Waals surface area contributed by atoms with Crippen molar-refractivity contribution in [1.82, 2.24) is 4.57 Å². The van der Waals surface area contributed by atoms with Gasteiger partial charge < -0.3 is 9.47 Å². The van der Waals surface area contributed by atoms with Crippen LogP contribution in [0.2, 0.25) is 0 Å². The third-order valence-electron chi connectivity index (χ3n) is 2.91. The first-order valence-electron chi connectivity index (χ1n) is 6.52. The number of rotatable bonds is 1. The van der Waals surface area contributed by atoms with Crippen LogP contribution in [0.3, 0.4) is 0 Å². The van der Waals surface area contributed by atoms with Crippen LogP contribution in [0.25, 0.3) is 10.9 Å². The molecular formula is C15H16F3NO3. The van der Waals surface area contributed by atoms with Crippen molar-refractivity contribution in [3.05, 3.63) is 30.0 Å². The fourth-order valence-electron chi connectivity index (χ4n) is 2.02. The summed E-state index contributed by atoms with van der Waals surface area (Å²) in [6.07, 6.45) is -4.69. The van der Waals surface area contributed by atoms with Crippen molar-refractivity contribution in [3.8, 4) is 5.75 Å². The fourth-order valence-corrected chi connectivity index (χ4v) is 2.02. The highest BCUT2D eigenvalue weighted by atomic mass is 19.4. The normalized spacial score (nSPS) is 12.5. The van der Waals surface area contributed by atoms with Crippen LogP contribution < -0.4 is 4.74 Å². The van der Waals surface area contributed by atoms with E-state index in [1.807, 2.05) is 0 Å². The summed E-state index contributed by atoms with van der Waals surface area (Å²) in [4.78, 5) is 12.1. The van der Waals surface area contributed by atoms with E-state index in [2.05, 4.69) is 0 Å². The van der Waals surface area contributed by atoms with Crippen LogP contribution in [0.1, 0.15) is 26.3 Å². The van der Waals surface area contributed by atoms with Gasteiger partial charge in [0.05, 0.1) is 18.2 Å². The number of carbonyl (C=O) groups is 1. The van der Waals surface area contributed by atoms with Crippen molar-refractivity contribution in [2.75, 3.05) is 7.11 Å². The van der Waals surface area contributed by atoms with E-state index in [-0.39, 0.29) is 10.9 Å². The molecule has 2 aromatic rings. The van der Waals surface area contributed by atoms with Crippen molar-refractivity contribution >= 4 is 17.0 Å². The van der Waals surface area contributed by atoms with Gasteiger partial charge in [-0.05, 0) is 32.9 Å². The van der Waals surface area contributed by atoms with E-state index in [0.29, 0.717) is 5.75 Å². The number of carbonyl (C=O) groups excluding carboxylic acids is 1. The molecule has 22 heavy (non-hydrogen) atoms. The maximum atomic E-state index is 13.1. The summed E-state index contributed by atoms with van der Waals surface area (Å²) >= 11 is 0. The number of fused-ring (bicyclic) bond motifs is 1. The molecular weight excluding hydrogens is 299 g/mol. The van der Waals surface area contributed by atoms with E-state index in [0.717, 1.165) is 10.8 Å². The molecule has 0 saturated carbocycles. The third-order valence-corrected chi connectivity index (χ3v) is 2.91. The molecule has 0 aliphatic carbocycles. The Balaban J connectivity index is 2.64. The number of hydrogen-bond acceptors (Lipinski definition) is 3. The fraction of sp³-hybridized carbons (Fsp3) is 0.400. The van der Waals surface area contributed by atoms with Crippen LogP contribution in [-0.4, -0.2) is 23.4 Å². The van der Waals surface area contributed by atoms with Crippen LogP contribution in [0, 0.1) is 0 Å². The highest BCUT2D eigenvalue weighted by Crippen LogP contribution is 2.37. The zero-order valence-corrected chi connectivity index (χ0v) is 12.6. The lowest BCUT2D eigenvalue weighted by Gasteiger charge is -2.19.